The van der Waals surface area contributed by atoms with Crippen LogP contribution < -0.4 is 4.90 Å². The third kappa shape index (κ3) is 2.86. The van der Waals surface area contributed by atoms with Gasteiger partial charge in [0.1, 0.15) is 0 Å². The van der Waals surface area contributed by atoms with Crippen LogP contribution in [0.5, 0.6) is 0 Å². The van der Waals surface area contributed by atoms with E-state index in [9.17, 15) is 4.79 Å². The Morgan fingerprint density at radius 1 is 1.38 bits per heavy atom. The van der Waals surface area contributed by atoms with Crippen LogP contribution >= 0.6 is 11.5 Å². The molecule has 0 radical (unpaired) electrons. The van der Waals surface area contributed by atoms with Crippen molar-refractivity contribution in [2.24, 2.45) is 0 Å². The van der Waals surface area contributed by atoms with Crippen LogP contribution in [0.25, 0.3) is 0 Å². The van der Waals surface area contributed by atoms with Gasteiger partial charge in [0, 0.05) is 44.3 Å². The first-order valence-electron chi connectivity index (χ1n) is 5.10. The summed E-state index contributed by atoms with van der Waals surface area (Å²) < 4.78 is 3.72. The van der Waals surface area contributed by atoms with Crippen LogP contribution in [0.15, 0.2) is 0 Å². The number of carbonyl (C=O) groups is 1. The third-order valence-electron chi connectivity index (χ3n) is 2.57. The van der Waals surface area contributed by atoms with Gasteiger partial charge >= 0.3 is 5.97 Å². The highest BCUT2D eigenvalue weighted by molar-refractivity contribution is 7.09. The topological polar surface area (TPSA) is 82.5 Å². The van der Waals surface area contributed by atoms with Crippen molar-refractivity contribution in [3.63, 3.8) is 0 Å². The van der Waals surface area contributed by atoms with Gasteiger partial charge in [-0.2, -0.15) is 0 Å². The number of aliphatic carboxylic acids is 1. The van der Waals surface area contributed by atoms with Crippen molar-refractivity contribution in [2.75, 3.05) is 37.6 Å². The Hall–Kier alpha value is -1.28. The van der Waals surface area contributed by atoms with Crippen molar-refractivity contribution in [2.45, 2.75) is 6.42 Å². The SMILES string of the molecule is O=C(O)CCN1CCN(c2nnns2)CC1. The molecular formula is C8H13N5O2S. The number of anilines is 1. The Bertz CT molecular complexity index is 336. The van der Waals surface area contributed by atoms with Crippen LogP contribution in [0.4, 0.5) is 5.13 Å². The van der Waals surface area contributed by atoms with Crippen LogP contribution in [0, 0.1) is 0 Å². The molecule has 1 aromatic rings. The lowest BCUT2D eigenvalue weighted by Crippen LogP contribution is -2.46. The zero-order valence-corrected chi connectivity index (χ0v) is 9.56. The summed E-state index contributed by atoms with van der Waals surface area (Å²) in [4.78, 5) is 14.7. The highest BCUT2D eigenvalue weighted by Gasteiger charge is 2.19. The minimum absolute atomic E-state index is 0.209. The first-order valence-corrected chi connectivity index (χ1v) is 5.87. The summed E-state index contributed by atoms with van der Waals surface area (Å²) in [6.07, 6.45) is 0.209. The standard InChI is InChI=1S/C8H13N5O2S/c14-7(15)1-2-12-3-5-13(6-4-12)8-9-10-11-16-8/h1-6H2,(H,14,15). The molecule has 7 nitrogen and oxygen atoms in total. The molecule has 2 rings (SSSR count). The molecule has 16 heavy (non-hydrogen) atoms. The fourth-order valence-electron chi connectivity index (χ4n) is 1.67. The average Bonchev–Trinajstić information content (AvgIpc) is 2.80. The quantitative estimate of drug-likeness (QED) is 0.765. The van der Waals surface area contributed by atoms with Crippen molar-refractivity contribution in [3.8, 4) is 0 Å². The van der Waals surface area contributed by atoms with Crippen molar-refractivity contribution in [3.05, 3.63) is 0 Å². The number of carboxylic acid groups (broad SMARTS) is 1. The molecule has 1 N–H and O–H groups in total. The molecule has 1 saturated heterocycles. The smallest absolute Gasteiger partial charge is 0.304 e. The summed E-state index contributed by atoms with van der Waals surface area (Å²) in [5.74, 6) is -0.740. The Labute approximate surface area is 96.8 Å². The van der Waals surface area contributed by atoms with Crippen LogP contribution in [-0.4, -0.2) is 63.5 Å². The van der Waals surface area contributed by atoms with E-state index in [1.54, 1.807) is 0 Å². The molecule has 2 heterocycles. The summed E-state index contributed by atoms with van der Waals surface area (Å²) in [6.45, 7) is 4.07. The van der Waals surface area contributed by atoms with Crippen molar-refractivity contribution >= 4 is 22.6 Å². The number of aromatic nitrogens is 3. The third-order valence-corrected chi connectivity index (χ3v) is 3.23. The summed E-state index contributed by atoms with van der Waals surface area (Å²) in [5, 5.41) is 16.9. The zero-order valence-electron chi connectivity index (χ0n) is 8.74. The van der Waals surface area contributed by atoms with Gasteiger partial charge in [0.25, 0.3) is 0 Å². The van der Waals surface area contributed by atoms with Crippen LogP contribution in [0.1, 0.15) is 6.42 Å². The molecule has 0 aliphatic carbocycles. The molecule has 1 aliphatic heterocycles. The monoisotopic (exact) mass is 243 g/mol. The van der Waals surface area contributed by atoms with E-state index in [2.05, 4.69) is 24.6 Å². The number of piperazine rings is 1. The number of nitrogens with zero attached hydrogens (tertiary/aromatic N) is 5. The largest absolute Gasteiger partial charge is 0.481 e. The molecular weight excluding hydrogens is 230 g/mol. The molecule has 0 spiro atoms. The zero-order chi connectivity index (χ0) is 11.4. The summed E-state index contributed by atoms with van der Waals surface area (Å²) >= 11 is 1.29. The predicted molar refractivity (Wildman–Crippen MR) is 58.6 cm³/mol. The second kappa shape index (κ2) is 5.17. The fraction of sp³-hybridized carbons (Fsp3) is 0.750. The van der Waals surface area contributed by atoms with Gasteiger partial charge in [-0.25, -0.2) is 0 Å². The Kier molecular flexibility index (Phi) is 3.62. The maximum atomic E-state index is 10.4. The molecule has 0 aromatic carbocycles. The highest BCUT2D eigenvalue weighted by atomic mass is 32.1. The Morgan fingerprint density at radius 2 is 2.12 bits per heavy atom. The van der Waals surface area contributed by atoms with Crippen LogP contribution in [0.3, 0.4) is 0 Å². The Balaban J connectivity index is 1.76. The molecule has 0 atom stereocenters. The van der Waals surface area contributed by atoms with E-state index in [0.717, 1.165) is 31.3 Å². The second-order valence-corrected chi connectivity index (χ2v) is 4.33. The minimum atomic E-state index is -0.740. The first-order chi connectivity index (χ1) is 7.75. The molecule has 1 fully saturated rings. The van der Waals surface area contributed by atoms with E-state index < -0.39 is 5.97 Å². The molecule has 1 aliphatic rings. The normalized spacial score (nSPS) is 17.6. The van der Waals surface area contributed by atoms with Gasteiger partial charge in [0.2, 0.25) is 5.13 Å². The average molecular weight is 243 g/mol. The number of carboxylic acids is 1. The van der Waals surface area contributed by atoms with E-state index in [-0.39, 0.29) is 6.42 Å². The van der Waals surface area contributed by atoms with Gasteiger partial charge in [0.05, 0.1) is 6.42 Å². The summed E-state index contributed by atoms with van der Waals surface area (Å²) in [6, 6.07) is 0. The van der Waals surface area contributed by atoms with Crippen molar-refractivity contribution in [1.82, 2.24) is 19.7 Å². The summed E-state index contributed by atoms with van der Waals surface area (Å²) in [7, 11) is 0. The van der Waals surface area contributed by atoms with Gasteiger partial charge < -0.3 is 10.0 Å². The van der Waals surface area contributed by atoms with Gasteiger partial charge in [-0.15, -0.1) is 0 Å². The van der Waals surface area contributed by atoms with E-state index in [1.165, 1.54) is 11.5 Å². The van der Waals surface area contributed by atoms with E-state index in [1.807, 2.05) is 0 Å². The Morgan fingerprint density at radius 3 is 2.69 bits per heavy atom. The lowest BCUT2D eigenvalue weighted by atomic mass is 10.3. The fourth-order valence-corrected chi connectivity index (χ4v) is 2.18. The minimum Gasteiger partial charge on any atom is -0.481 e. The lowest BCUT2D eigenvalue weighted by molar-refractivity contribution is -0.137. The maximum Gasteiger partial charge on any atom is 0.304 e. The number of rotatable bonds is 4. The van der Waals surface area contributed by atoms with Gasteiger partial charge in [0.15, 0.2) is 0 Å². The van der Waals surface area contributed by atoms with Crippen LogP contribution in [0.2, 0.25) is 0 Å². The molecule has 0 saturated carbocycles. The van der Waals surface area contributed by atoms with E-state index >= 15 is 0 Å². The molecule has 88 valence electrons. The second-order valence-electron chi connectivity index (χ2n) is 3.62. The van der Waals surface area contributed by atoms with E-state index in [0.29, 0.717) is 6.54 Å². The first kappa shape index (κ1) is 11.2. The highest BCUT2D eigenvalue weighted by Crippen LogP contribution is 2.15. The van der Waals surface area contributed by atoms with Crippen molar-refractivity contribution < 1.29 is 9.90 Å². The number of hydrogen-bond acceptors (Lipinski definition) is 7. The molecule has 0 unspecified atom stereocenters. The maximum absolute atomic E-state index is 10.4. The molecule has 0 bridgehead atoms. The van der Waals surface area contributed by atoms with Gasteiger partial charge in [-0.05, 0) is 5.21 Å². The van der Waals surface area contributed by atoms with Gasteiger partial charge in [-0.3, -0.25) is 9.69 Å². The molecule has 0 amide bonds. The van der Waals surface area contributed by atoms with Crippen molar-refractivity contribution in [1.29, 1.82) is 0 Å². The predicted octanol–water partition coefficient (Wildman–Crippen LogP) is -0.470. The van der Waals surface area contributed by atoms with E-state index in [4.69, 9.17) is 5.11 Å². The summed E-state index contributed by atoms with van der Waals surface area (Å²) in [5.41, 5.74) is 0. The number of hydrogen-bond donors (Lipinski definition) is 1. The molecule has 1 aromatic heterocycles. The lowest BCUT2D eigenvalue weighted by Gasteiger charge is -2.33. The van der Waals surface area contributed by atoms with Gasteiger partial charge in [-0.1, -0.05) is 9.59 Å². The molecule has 8 heteroatoms. The van der Waals surface area contributed by atoms with Crippen LogP contribution in [-0.2, 0) is 4.79 Å².